The van der Waals surface area contributed by atoms with Crippen LogP contribution in [0.3, 0.4) is 0 Å². The van der Waals surface area contributed by atoms with E-state index >= 15 is 0 Å². The van der Waals surface area contributed by atoms with Crippen LogP contribution in [0.15, 0.2) is 24.3 Å². The molecule has 2 aliphatic carbocycles. The van der Waals surface area contributed by atoms with E-state index < -0.39 is 0 Å². The molecule has 1 nitrogen and oxygen atoms in total. The second kappa shape index (κ2) is 7.73. The first-order valence-corrected chi connectivity index (χ1v) is 9.96. The fourth-order valence-electron chi connectivity index (χ4n) is 5.18. The van der Waals surface area contributed by atoms with E-state index in [0.29, 0.717) is 5.41 Å². The molecule has 2 aliphatic rings. The van der Waals surface area contributed by atoms with E-state index in [4.69, 9.17) is 0 Å². The van der Waals surface area contributed by atoms with Gasteiger partial charge in [-0.05, 0) is 61.5 Å². The molecule has 0 amide bonds. The van der Waals surface area contributed by atoms with Crippen molar-refractivity contribution in [1.29, 1.82) is 0 Å². The third-order valence-corrected chi connectivity index (χ3v) is 6.56. The van der Waals surface area contributed by atoms with Crippen molar-refractivity contribution in [2.45, 2.75) is 83.0 Å². The van der Waals surface area contributed by atoms with Crippen molar-refractivity contribution >= 4 is 5.69 Å². The van der Waals surface area contributed by atoms with Gasteiger partial charge in [-0.25, -0.2) is 0 Å². The summed E-state index contributed by atoms with van der Waals surface area (Å²) < 4.78 is 0. The number of benzene rings is 1. The monoisotopic (exact) mass is 313 g/mol. The van der Waals surface area contributed by atoms with E-state index in [0.717, 1.165) is 5.92 Å². The highest BCUT2D eigenvalue weighted by molar-refractivity contribution is 5.54. The van der Waals surface area contributed by atoms with Crippen LogP contribution < -0.4 is 4.90 Å². The van der Waals surface area contributed by atoms with Gasteiger partial charge in [0.1, 0.15) is 0 Å². The topological polar surface area (TPSA) is 3.24 Å². The third kappa shape index (κ3) is 4.11. The first kappa shape index (κ1) is 16.9. The zero-order chi connectivity index (χ0) is 16.1. The Morgan fingerprint density at radius 1 is 0.783 bits per heavy atom. The van der Waals surface area contributed by atoms with Crippen LogP contribution in [0.2, 0.25) is 0 Å². The minimum Gasteiger partial charge on any atom is -0.377 e. The van der Waals surface area contributed by atoms with Gasteiger partial charge in [0.15, 0.2) is 0 Å². The molecule has 1 heteroatoms. The summed E-state index contributed by atoms with van der Waals surface area (Å²) in [5, 5.41) is 0. The second-order valence-electron chi connectivity index (χ2n) is 8.35. The zero-order valence-corrected chi connectivity index (χ0v) is 15.3. The van der Waals surface area contributed by atoms with Gasteiger partial charge in [0, 0.05) is 19.8 Å². The molecular weight excluding hydrogens is 278 g/mol. The highest BCUT2D eigenvalue weighted by Gasteiger charge is 2.33. The lowest BCUT2D eigenvalue weighted by atomic mass is 9.71. The Hall–Kier alpha value is -0.980. The Bertz CT molecular complexity index is 483. The Morgan fingerprint density at radius 3 is 2.17 bits per heavy atom. The van der Waals surface area contributed by atoms with E-state index in [-0.39, 0.29) is 0 Å². The summed E-state index contributed by atoms with van der Waals surface area (Å²) in [6.07, 6.45) is 17.6. The van der Waals surface area contributed by atoms with Crippen molar-refractivity contribution in [2.75, 3.05) is 19.0 Å². The molecule has 3 rings (SSSR count). The van der Waals surface area contributed by atoms with E-state index in [1.807, 2.05) is 0 Å². The molecule has 0 aliphatic heterocycles. The lowest BCUT2D eigenvalue weighted by Gasteiger charge is -2.35. The molecule has 0 N–H and O–H groups in total. The lowest BCUT2D eigenvalue weighted by Crippen LogP contribution is -2.21. The molecule has 2 fully saturated rings. The van der Waals surface area contributed by atoms with Crippen molar-refractivity contribution in [2.24, 2.45) is 5.41 Å². The Kier molecular flexibility index (Phi) is 5.67. The van der Waals surface area contributed by atoms with Gasteiger partial charge in [-0.2, -0.15) is 0 Å². The average molecular weight is 314 g/mol. The molecule has 0 aromatic heterocycles. The van der Waals surface area contributed by atoms with Gasteiger partial charge >= 0.3 is 0 Å². The Balaban J connectivity index is 1.73. The standard InChI is InChI=1S/C22H35N/c1-23(2)21-13-7-6-12-20(21)19-11-10-17-22(18-14-19)15-8-4-3-5-9-16-22/h6-7,12-13,19H,3-5,8-11,14-18H2,1-2H3. The number of anilines is 1. The fraction of sp³-hybridized carbons (Fsp3) is 0.727. The summed E-state index contributed by atoms with van der Waals surface area (Å²) >= 11 is 0. The van der Waals surface area contributed by atoms with Gasteiger partial charge in [-0.15, -0.1) is 0 Å². The van der Waals surface area contributed by atoms with E-state index in [1.165, 1.54) is 82.7 Å². The zero-order valence-electron chi connectivity index (χ0n) is 15.3. The number of hydrogen-bond acceptors (Lipinski definition) is 1. The number of hydrogen-bond donors (Lipinski definition) is 0. The van der Waals surface area contributed by atoms with Gasteiger partial charge in [0.25, 0.3) is 0 Å². The number of para-hydroxylation sites is 1. The SMILES string of the molecule is CN(C)c1ccccc1C1CCCC2(CCCCCCC2)CC1. The maximum Gasteiger partial charge on any atom is 0.0396 e. The van der Waals surface area contributed by atoms with Crippen LogP contribution in [-0.4, -0.2) is 14.1 Å². The molecule has 0 saturated heterocycles. The van der Waals surface area contributed by atoms with Gasteiger partial charge < -0.3 is 4.90 Å². The van der Waals surface area contributed by atoms with Gasteiger partial charge in [-0.1, -0.05) is 56.7 Å². The first-order valence-electron chi connectivity index (χ1n) is 9.96. The van der Waals surface area contributed by atoms with Crippen molar-refractivity contribution in [1.82, 2.24) is 0 Å². The summed E-state index contributed by atoms with van der Waals surface area (Å²) in [6, 6.07) is 9.10. The van der Waals surface area contributed by atoms with Crippen LogP contribution >= 0.6 is 0 Å². The van der Waals surface area contributed by atoms with E-state index in [9.17, 15) is 0 Å². The smallest absolute Gasteiger partial charge is 0.0396 e. The minimum absolute atomic E-state index is 0.697. The summed E-state index contributed by atoms with van der Waals surface area (Å²) in [5.41, 5.74) is 3.73. The lowest BCUT2D eigenvalue weighted by molar-refractivity contribution is 0.178. The third-order valence-electron chi connectivity index (χ3n) is 6.56. The molecule has 1 spiro atoms. The molecule has 1 unspecified atom stereocenters. The predicted molar refractivity (Wildman–Crippen MR) is 101 cm³/mol. The summed E-state index contributed by atoms with van der Waals surface area (Å²) in [6.45, 7) is 0. The summed E-state index contributed by atoms with van der Waals surface area (Å²) in [7, 11) is 4.37. The second-order valence-corrected chi connectivity index (χ2v) is 8.35. The van der Waals surface area contributed by atoms with E-state index in [1.54, 1.807) is 5.56 Å². The summed E-state index contributed by atoms with van der Waals surface area (Å²) in [5.74, 6) is 0.776. The molecule has 128 valence electrons. The van der Waals surface area contributed by atoms with Gasteiger partial charge in [-0.3, -0.25) is 0 Å². The molecule has 0 heterocycles. The highest BCUT2D eigenvalue weighted by Crippen LogP contribution is 2.48. The Labute approximate surface area is 143 Å². The van der Waals surface area contributed by atoms with Gasteiger partial charge in [0.05, 0.1) is 0 Å². The van der Waals surface area contributed by atoms with Crippen LogP contribution in [0.4, 0.5) is 5.69 Å². The fourth-order valence-corrected chi connectivity index (χ4v) is 5.18. The predicted octanol–water partition coefficient (Wildman–Crippen LogP) is 6.53. The van der Waals surface area contributed by atoms with Crippen molar-refractivity contribution in [3.05, 3.63) is 29.8 Å². The van der Waals surface area contributed by atoms with E-state index in [2.05, 4.69) is 43.3 Å². The average Bonchev–Trinajstić information content (AvgIpc) is 2.74. The Morgan fingerprint density at radius 2 is 1.43 bits per heavy atom. The highest BCUT2D eigenvalue weighted by atomic mass is 15.1. The molecule has 0 radical (unpaired) electrons. The first-order chi connectivity index (χ1) is 11.2. The number of rotatable bonds is 2. The maximum atomic E-state index is 2.39. The molecule has 23 heavy (non-hydrogen) atoms. The summed E-state index contributed by atoms with van der Waals surface area (Å²) in [4.78, 5) is 2.30. The van der Waals surface area contributed by atoms with Crippen LogP contribution in [0.25, 0.3) is 0 Å². The number of nitrogens with zero attached hydrogens (tertiary/aromatic N) is 1. The maximum absolute atomic E-state index is 2.39. The molecule has 1 aromatic rings. The quantitative estimate of drug-likeness (QED) is 0.600. The van der Waals surface area contributed by atoms with Crippen LogP contribution in [0.1, 0.15) is 88.5 Å². The van der Waals surface area contributed by atoms with Crippen molar-refractivity contribution in [3.63, 3.8) is 0 Å². The van der Waals surface area contributed by atoms with Crippen molar-refractivity contribution in [3.8, 4) is 0 Å². The van der Waals surface area contributed by atoms with Crippen LogP contribution in [0, 0.1) is 5.41 Å². The molecular formula is C22H35N. The van der Waals surface area contributed by atoms with Crippen LogP contribution in [0.5, 0.6) is 0 Å². The minimum atomic E-state index is 0.697. The van der Waals surface area contributed by atoms with Crippen molar-refractivity contribution < 1.29 is 0 Å². The molecule has 2 saturated carbocycles. The normalized spacial score (nSPS) is 25.4. The van der Waals surface area contributed by atoms with Crippen LogP contribution in [-0.2, 0) is 0 Å². The largest absolute Gasteiger partial charge is 0.377 e. The van der Waals surface area contributed by atoms with Gasteiger partial charge in [0.2, 0.25) is 0 Å². The molecule has 0 bridgehead atoms. The molecule has 1 atom stereocenters. The molecule has 1 aromatic carbocycles.